The van der Waals surface area contributed by atoms with E-state index >= 15 is 4.39 Å². The molecular formula is C16H16FN2O8P. The van der Waals surface area contributed by atoms with Crippen LogP contribution in [-0.4, -0.2) is 33.2 Å². The highest BCUT2D eigenvalue weighted by atomic mass is 31.2. The molecule has 0 radical (unpaired) electrons. The number of rotatable bonds is 4. The largest absolute Gasteiger partial charge is 0.530 e. The molecule has 0 aliphatic carbocycles. The summed E-state index contributed by atoms with van der Waals surface area (Å²) in [5.41, 5.74) is -1.19. The molecule has 1 saturated heterocycles. The van der Waals surface area contributed by atoms with Crippen molar-refractivity contribution in [1.29, 1.82) is 0 Å². The number of aliphatic hydroxyl groups excluding tert-OH is 1. The van der Waals surface area contributed by atoms with Crippen molar-refractivity contribution in [3.05, 3.63) is 62.9 Å². The quantitative estimate of drug-likeness (QED) is 0.712. The van der Waals surface area contributed by atoms with Gasteiger partial charge in [-0.1, -0.05) is 18.2 Å². The number of halogens is 1. The van der Waals surface area contributed by atoms with E-state index in [0.29, 0.717) is 10.1 Å². The third kappa shape index (κ3) is 3.67. The first-order chi connectivity index (χ1) is 14.0. The van der Waals surface area contributed by atoms with Crippen molar-refractivity contribution >= 4 is 7.82 Å². The van der Waals surface area contributed by atoms with Crippen LogP contribution in [0.1, 0.15) is 21.0 Å². The molecule has 1 aromatic carbocycles. The Hall–Kier alpha value is -2.30. The molecule has 10 nitrogen and oxygen atoms in total. The second-order valence-electron chi connectivity index (χ2n) is 6.14. The zero-order chi connectivity index (χ0) is 21.7. The molecular weight excluding hydrogens is 398 g/mol. The number of phosphoric acid groups is 1. The van der Waals surface area contributed by atoms with Gasteiger partial charge in [0, 0.05) is 24.2 Å². The van der Waals surface area contributed by atoms with Crippen LogP contribution in [0, 0.1) is 0 Å². The number of hydrogen-bond donors (Lipinski definition) is 2. The van der Waals surface area contributed by atoms with Gasteiger partial charge in [0.05, 0.1) is 9.35 Å². The first-order valence-electron chi connectivity index (χ1n) is 9.11. The van der Waals surface area contributed by atoms with Crippen LogP contribution >= 0.6 is 7.82 Å². The van der Waals surface area contributed by atoms with E-state index in [9.17, 15) is 19.3 Å². The Labute approximate surface area is 159 Å². The minimum absolute atomic E-state index is 0.126. The van der Waals surface area contributed by atoms with E-state index in [4.69, 9.17) is 21.0 Å². The number of nitrogens with one attached hydrogen (secondary N) is 1. The van der Waals surface area contributed by atoms with E-state index in [1.807, 2.05) is 4.98 Å². The monoisotopic (exact) mass is 416 g/mol. The van der Waals surface area contributed by atoms with Gasteiger partial charge in [-0.05, 0) is 6.07 Å². The number of aromatic nitrogens is 2. The third-order valence-corrected chi connectivity index (χ3v) is 5.29. The van der Waals surface area contributed by atoms with Crippen LogP contribution in [0.2, 0.25) is 0 Å². The molecule has 28 heavy (non-hydrogen) atoms. The number of nitrogens with zero attached hydrogens (tertiary/aromatic N) is 1. The van der Waals surface area contributed by atoms with E-state index in [0.717, 1.165) is 12.3 Å². The van der Waals surface area contributed by atoms with Gasteiger partial charge in [0.1, 0.15) is 18.4 Å². The van der Waals surface area contributed by atoms with Gasteiger partial charge < -0.3 is 14.4 Å². The molecule has 2 aromatic rings. The Kier molecular flexibility index (Phi) is 4.13. The number of aromatic amines is 1. The summed E-state index contributed by atoms with van der Waals surface area (Å²) >= 11 is 0. The van der Waals surface area contributed by atoms with Gasteiger partial charge in [-0.2, -0.15) is 0 Å². The van der Waals surface area contributed by atoms with Crippen LogP contribution in [0.4, 0.5) is 4.39 Å². The number of phosphoric ester groups is 1. The van der Waals surface area contributed by atoms with E-state index < -0.39 is 50.2 Å². The van der Waals surface area contributed by atoms with Crippen LogP contribution < -0.4 is 15.8 Å². The molecule has 2 N–H and O–H groups in total. The van der Waals surface area contributed by atoms with Gasteiger partial charge in [0.25, 0.3) is 5.56 Å². The van der Waals surface area contributed by atoms with Crippen molar-refractivity contribution < 1.29 is 35.1 Å². The van der Waals surface area contributed by atoms with E-state index in [-0.39, 0.29) is 12.4 Å². The van der Waals surface area contributed by atoms with E-state index in [2.05, 4.69) is 0 Å². The molecule has 0 spiro atoms. The summed E-state index contributed by atoms with van der Waals surface area (Å²) in [4.78, 5) is 25.0. The number of H-pyrrole nitrogens is 1. The van der Waals surface area contributed by atoms with Crippen molar-refractivity contribution in [1.82, 2.24) is 9.55 Å². The topological polar surface area (TPSA) is 129 Å². The average molecular weight is 416 g/mol. The summed E-state index contributed by atoms with van der Waals surface area (Å²) < 4.78 is 64.6. The average Bonchev–Trinajstić information content (AvgIpc) is 2.97. The van der Waals surface area contributed by atoms with Crippen LogP contribution in [-0.2, 0) is 25.0 Å². The second kappa shape index (κ2) is 6.94. The summed E-state index contributed by atoms with van der Waals surface area (Å²) in [6.45, 7) is -3.63. The molecule has 12 heteroatoms. The van der Waals surface area contributed by atoms with Crippen molar-refractivity contribution in [3.8, 4) is 5.75 Å². The van der Waals surface area contributed by atoms with Gasteiger partial charge in [0.15, 0.2) is 6.23 Å². The Morgan fingerprint density at radius 3 is 3.00 bits per heavy atom. The smallest absolute Gasteiger partial charge is 0.404 e. The minimum Gasteiger partial charge on any atom is -0.404 e. The fourth-order valence-corrected chi connectivity index (χ4v) is 3.91. The number of fused-ring (bicyclic) bond motifs is 1. The number of para-hydroxylation sites is 1. The summed E-state index contributed by atoms with van der Waals surface area (Å²) in [7, 11) is -4.58. The Bertz CT molecular complexity index is 1140. The van der Waals surface area contributed by atoms with Crippen LogP contribution in [0.15, 0.2) is 46.1 Å². The Morgan fingerprint density at radius 1 is 1.43 bits per heavy atom. The third-order valence-electron chi connectivity index (χ3n) is 4.10. The SMILES string of the molecule is [2H]C([2H])(OP1(=O)OCc2ccccc2O1)[C@]1(F)C[C@@H](O)[C@H](n2ccc(=O)[nH]c2=O)O1. The first kappa shape index (κ1) is 16.6. The highest BCUT2D eigenvalue weighted by Crippen LogP contribution is 2.55. The molecule has 4 rings (SSSR count). The molecule has 1 aromatic heterocycles. The molecule has 0 bridgehead atoms. The lowest BCUT2D eigenvalue weighted by atomic mass is 10.2. The lowest BCUT2D eigenvalue weighted by Crippen LogP contribution is -2.35. The normalized spacial score (nSPS) is 33.5. The molecule has 0 saturated carbocycles. The zero-order valence-electron chi connectivity index (χ0n) is 16.1. The van der Waals surface area contributed by atoms with Crippen LogP contribution in [0.5, 0.6) is 5.75 Å². The summed E-state index contributed by atoms with van der Waals surface area (Å²) in [6.07, 6.45) is -3.36. The summed E-state index contributed by atoms with van der Waals surface area (Å²) in [5.74, 6) is -3.20. The maximum atomic E-state index is 15.4. The molecule has 2 aliphatic rings. The second-order valence-corrected chi connectivity index (χ2v) is 7.66. The highest BCUT2D eigenvalue weighted by molar-refractivity contribution is 7.49. The molecule has 1 unspecified atom stereocenters. The van der Waals surface area contributed by atoms with Gasteiger partial charge in [-0.25, -0.2) is 13.8 Å². The lowest BCUT2D eigenvalue weighted by molar-refractivity contribution is -0.179. The minimum atomic E-state index is -4.58. The van der Waals surface area contributed by atoms with Gasteiger partial charge >= 0.3 is 13.5 Å². The van der Waals surface area contributed by atoms with Gasteiger partial charge in [-0.3, -0.25) is 23.4 Å². The maximum Gasteiger partial charge on any atom is 0.530 e. The van der Waals surface area contributed by atoms with Gasteiger partial charge in [0.2, 0.25) is 5.85 Å². The number of alkyl halides is 1. The first-order valence-corrected chi connectivity index (χ1v) is 9.57. The number of ether oxygens (including phenoxy) is 1. The molecule has 150 valence electrons. The molecule has 2 aliphatic heterocycles. The zero-order valence-corrected chi connectivity index (χ0v) is 15.0. The van der Waals surface area contributed by atoms with Crippen LogP contribution in [0.25, 0.3) is 0 Å². The molecule has 1 fully saturated rings. The number of benzene rings is 1. The van der Waals surface area contributed by atoms with Crippen molar-refractivity contribution in [2.24, 2.45) is 0 Å². The lowest BCUT2D eigenvalue weighted by Gasteiger charge is -2.27. The number of hydrogen-bond acceptors (Lipinski definition) is 8. The van der Waals surface area contributed by atoms with E-state index in [1.54, 1.807) is 18.2 Å². The molecule has 4 atom stereocenters. The predicted octanol–water partition coefficient (Wildman–Crippen LogP) is 1.22. The van der Waals surface area contributed by atoms with Gasteiger partial charge in [-0.15, -0.1) is 0 Å². The number of aliphatic hydroxyl groups is 1. The summed E-state index contributed by atoms with van der Waals surface area (Å²) in [5, 5.41) is 10.2. The fraction of sp³-hybridized carbons (Fsp3) is 0.375. The molecule has 0 amide bonds. The van der Waals surface area contributed by atoms with Crippen LogP contribution in [0.3, 0.4) is 0 Å². The Morgan fingerprint density at radius 2 is 2.21 bits per heavy atom. The summed E-state index contributed by atoms with van der Waals surface area (Å²) in [6, 6.07) is 7.31. The Balaban J connectivity index is 1.57. The van der Waals surface area contributed by atoms with E-state index in [1.165, 1.54) is 6.07 Å². The van der Waals surface area contributed by atoms with Crippen molar-refractivity contribution in [3.63, 3.8) is 0 Å². The van der Waals surface area contributed by atoms with Crippen molar-refractivity contribution in [2.45, 2.75) is 31.2 Å². The maximum absolute atomic E-state index is 15.4. The fourth-order valence-electron chi connectivity index (χ4n) is 2.80. The van der Waals surface area contributed by atoms with Crippen molar-refractivity contribution in [2.75, 3.05) is 6.56 Å². The predicted molar refractivity (Wildman–Crippen MR) is 91.3 cm³/mol. The highest BCUT2D eigenvalue weighted by Gasteiger charge is 2.50. The molecule has 3 heterocycles. The standard InChI is InChI=1S/C16H16FN2O8P/c17-16(7-11(20)14(26-16)19-6-5-13(21)18-15(19)22)9-25-28(23)24-8-10-3-1-2-4-12(10)27-28/h1-6,11,14,20H,7-9H2,(H,18,21,22)/t11-,14-,16+,28?/m1/s1/i9D2.